The van der Waals surface area contributed by atoms with E-state index in [1.165, 1.54) is 0 Å². The lowest BCUT2D eigenvalue weighted by Gasteiger charge is -2.24. The Labute approximate surface area is 112 Å². The van der Waals surface area contributed by atoms with Crippen molar-refractivity contribution in [3.63, 3.8) is 0 Å². The molecule has 1 saturated carbocycles. The number of benzene rings is 1. The average molecular weight is 261 g/mol. The lowest BCUT2D eigenvalue weighted by molar-refractivity contribution is -0.145. The zero-order valence-corrected chi connectivity index (χ0v) is 11.2. The molecule has 19 heavy (non-hydrogen) atoms. The molecule has 0 radical (unpaired) electrons. The van der Waals surface area contributed by atoms with Crippen molar-refractivity contribution in [1.82, 2.24) is 5.32 Å². The van der Waals surface area contributed by atoms with Crippen LogP contribution in [0.4, 0.5) is 0 Å². The third-order valence-electron chi connectivity index (χ3n) is 3.85. The van der Waals surface area contributed by atoms with Gasteiger partial charge in [-0.2, -0.15) is 0 Å². The lowest BCUT2D eigenvalue weighted by Crippen LogP contribution is -2.39. The van der Waals surface area contributed by atoms with Gasteiger partial charge in [0.1, 0.15) is 0 Å². The molecule has 1 aromatic rings. The Balaban J connectivity index is 2.11. The molecule has 2 N–H and O–H groups in total. The van der Waals surface area contributed by atoms with Crippen LogP contribution in [0.1, 0.15) is 32.3 Å². The van der Waals surface area contributed by atoms with Crippen LogP contribution in [-0.2, 0) is 15.0 Å². The van der Waals surface area contributed by atoms with Crippen molar-refractivity contribution in [2.24, 2.45) is 5.92 Å². The molecule has 3 unspecified atom stereocenters. The molecule has 0 aliphatic heterocycles. The zero-order chi connectivity index (χ0) is 14.0. The summed E-state index contributed by atoms with van der Waals surface area (Å²) in [4.78, 5) is 23.5. The fourth-order valence-electron chi connectivity index (χ4n) is 2.21. The number of rotatable bonds is 5. The van der Waals surface area contributed by atoms with Gasteiger partial charge in [-0.15, -0.1) is 0 Å². The van der Waals surface area contributed by atoms with Gasteiger partial charge in [-0.1, -0.05) is 37.3 Å². The number of nitrogens with one attached hydrogen (secondary N) is 1. The van der Waals surface area contributed by atoms with Gasteiger partial charge in [0.25, 0.3) is 0 Å². The normalized spacial score (nSPS) is 24.3. The SMILES string of the molecule is CC1CC1NC(=O)CC(C)(C(=O)O)c1ccccc1. The van der Waals surface area contributed by atoms with Gasteiger partial charge in [-0.3, -0.25) is 9.59 Å². The summed E-state index contributed by atoms with van der Waals surface area (Å²) < 4.78 is 0. The van der Waals surface area contributed by atoms with Crippen molar-refractivity contribution in [3.8, 4) is 0 Å². The third-order valence-corrected chi connectivity index (χ3v) is 3.85. The molecule has 1 aliphatic carbocycles. The van der Waals surface area contributed by atoms with Crippen molar-refractivity contribution < 1.29 is 14.7 Å². The number of aliphatic carboxylic acids is 1. The van der Waals surface area contributed by atoms with E-state index in [0.717, 1.165) is 6.42 Å². The molecule has 0 bridgehead atoms. The van der Waals surface area contributed by atoms with E-state index in [0.29, 0.717) is 11.5 Å². The van der Waals surface area contributed by atoms with Crippen LogP contribution in [0.2, 0.25) is 0 Å². The first kappa shape index (κ1) is 13.6. The summed E-state index contributed by atoms with van der Waals surface area (Å²) in [7, 11) is 0. The number of amides is 1. The van der Waals surface area contributed by atoms with E-state index >= 15 is 0 Å². The third kappa shape index (κ3) is 2.95. The van der Waals surface area contributed by atoms with Crippen molar-refractivity contribution in [2.75, 3.05) is 0 Å². The maximum absolute atomic E-state index is 12.0. The fraction of sp³-hybridized carbons (Fsp3) is 0.467. The highest BCUT2D eigenvalue weighted by Crippen LogP contribution is 2.31. The van der Waals surface area contributed by atoms with Crippen molar-refractivity contribution >= 4 is 11.9 Å². The monoisotopic (exact) mass is 261 g/mol. The molecule has 4 heteroatoms. The van der Waals surface area contributed by atoms with E-state index < -0.39 is 11.4 Å². The van der Waals surface area contributed by atoms with Crippen LogP contribution in [-0.4, -0.2) is 23.0 Å². The second kappa shape index (κ2) is 5.03. The Bertz CT molecular complexity index is 485. The van der Waals surface area contributed by atoms with Crippen LogP contribution in [0.3, 0.4) is 0 Å². The van der Waals surface area contributed by atoms with Crippen LogP contribution >= 0.6 is 0 Å². The van der Waals surface area contributed by atoms with Gasteiger partial charge in [-0.25, -0.2) is 0 Å². The second-order valence-electron chi connectivity index (χ2n) is 5.57. The number of carboxylic acids is 1. The molecule has 0 aromatic heterocycles. The molecular weight excluding hydrogens is 242 g/mol. The molecule has 3 atom stereocenters. The van der Waals surface area contributed by atoms with Crippen molar-refractivity contribution in [2.45, 2.75) is 38.1 Å². The summed E-state index contributed by atoms with van der Waals surface area (Å²) in [6.45, 7) is 3.67. The molecule has 2 rings (SSSR count). The molecule has 1 aliphatic rings. The minimum atomic E-state index is -1.18. The van der Waals surface area contributed by atoms with Crippen LogP contribution in [0.15, 0.2) is 30.3 Å². The largest absolute Gasteiger partial charge is 0.481 e. The molecule has 4 nitrogen and oxygen atoms in total. The topological polar surface area (TPSA) is 66.4 Å². The number of carboxylic acid groups (broad SMARTS) is 1. The molecule has 102 valence electrons. The molecule has 0 heterocycles. The molecule has 0 spiro atoms. The predicted octanol–water partition coefficient (Wildman–Crippen LogP) is 1.94. The Kier molecular flexibility index (Phi) is 3.60. The Morgan fingerprint density at radius 1 is 1.37 bits per heavy atom. The highest BCUT2D eigenvalue weighted by atomic mass is 16.4. The van der Waals surface area contributed by atoms with Crippen molar-refractivity contribution in [3.05, 3.63) is 35.9 Å². The number of carbonyl (C=O) groups is 2. The molecule has 1 amide bonds. The minimum Gasteiger partial charge on any atom is -0.481 e. The number of carbonyl (C=O) groups excluding carboxylic acids is 1. The first-order valence-corrected chi connectivity index (χ1v) is 6.52. The van der Waals surface area contributed by atoms with E-state index in [4.69, 9.17) is 0 Å². The van der Waals surface area contributed by atoms with Crippen LogP contribution < -0.4 is 5.32 Å². The van der Waals surface area contributed by atoms with Gasteiger partial charge in [-0.05, 0) is 24.8 Å². The standard InChI is InChI=1S/C15H19NO3/c1-10-8-12(10)16-13(17)9-15(2,14(18)19)11-6-4-3-5-7-11/h3-7,10,12H,8-9H2,1-2H3,(H,16,17)(H,18,19). The minimum absolute atomic E-state index is 0.0322. The van der Waals surface area contributed by atoms with E-state index in [9.17, 15) is 14.7 Å². The van der Waals surface area contributed by atoms with Crippen molar-refractivity contribution in [1.29, 1.82) is 0 Å². The Morgan fingerprint density at radius 2 is 1.95 bits per heavy atom. The summed E-state index contributed by atoms with van der Waals surface area (Å²) in [6, 6.07) is 9.13. The maximum Gasteiger partial charge on any atom is 0.314 e. The Morgan fingerprint density at radius 3 is 2.42 bits per heavy atom. The number of hydrogen-bond donors (Lipinski definition) is 2. The average Bonchev–Trinajstić information content (AvgIpc) is 3.05. The molecule has 1 fully saturated rings. The van der Waals surface area contributed by atoms with E-state index in [1.807, 2.05) is 6.07 Å². The maximum atomic E-state index is 12.0. The predicted molar refractivity (Wildman–Crippen MR) is 71.8 cm³/mol. The van der Waals surface area contributed by atoms with Gasteiger partial charge in [0.05, 0.1) is 5.41 Å². The van der Waals surface area contributed by atoms with E-state index in [-0.39, 0.29) is 18.4 Å². The molecule has 0 saturated heterocycles. The second-order valence-corrected chi connectivity index (χ2v) is 5.57. The van der Waals surface area contributed by atoms with Gasteiger partial charge in [0, 0.05) is 12.5 Å². The summed E-state index contributed by atoms with van der Waals surface area (Å²) in [5.41, 5.74) is -0.523. The smallest absolute Gasteiger partial charge is 0.314 e. The summed E-state index contributed by atoms with van der Waals surface area (Å²) in [6.07, 6.45) is 0.955. The lowest BCUT2D eigenvalue weighted by atomic mass is 9.79. The van der Waals surface area contributed by atoms with Crippen LogP contribution in [0.5, 0.6) is 0 Å². The zero-order valence-electron chi connectivity index (χ0n) is 11.2. The highest BCUT2D eigenvalue weighted by molar-refractivity contribution is 5.89. The van der Waals surface area contributed by atoms with Crippen LogP contribution in [0, 0.1) is 5.92 Å². The number of hydrogen-bond acceptors (Lipinski definition) is 2. The fourth-order valence-corrected chi connectivity index (χ4v) is 2.21. The van der Waals surface area contributed by atoms with Gasteiger partial charge < -0.3 is 10.4 Å². The van der Waals surface area contributed by atoms with Gasteiger partial charge in [0.15, 0.2) is 0 Å². The Hall–Kier alpha value is -1.84. The van der Waals surface area contributed by atoms with Gasteiger partial charge in [0.2, 0.25) is 5.91 Å². The summed E-state index contributed by atoms with van der Waals surface area (Å²) in [5, 5.41) is 12.3. The summed E-state index contributed by atoms with van der Waals surface area (Å²) in [5.74, 6) is -0.655. The highest BCUT2D eigenvalue weighted by Gasteiger charge is 2.40. The molecule has 1 aromatic carbocycles. The van der Waals surface area contributed by atoms with Crippen LogP contribution in [0.25, 0.3) is 0 Å². The first-order chi connectivity index (χ1) is 8.93. The van der Waals surface area contributed by atoms with E-state index in [1.54, 1.807) is 31.2 Å². The quantitative estimate of drug-likeness (QED) is 0.851. The first-order valence-electron chi connectivity index (χ1n) is 6.52. The summed E-state index contributed by atoms with van der Waals surface area (Å²) >= 11 is 0. The van der Waals surface area contributed by atoms with E-state index in [2.05, 4.69) is 12.2 Å². The molecular formula is C15H19NO3. The van der Waals surface area contributed by atoms with Gasteiger partial charge >= 0.3 is 5.97 Å².